The standard InChI is InChI=1S/C15H25N3O/c1-13-5-3-6-14(17-13)9-18(2)11-15(10-16)7-4-8-19-12-15/h3,5-6H,4,7-12,16H2,1-2H3. The smallest absolute Gasteiger partial charge is 0.0547 e. The van der Waals surface area contributed by atoms with Crippen LogP contribution < -0.4 is 5.73 Å². The highest BCUT2D eigenvalue weighted by Crippen LogP contribution is 2.28. The van der Waals surface area contributed by atoms with Gasteiger partial charge in [-0.2, -0.15) is 0 Å². The highest BCUT2D eigenvalue weighted by molar-refractivity contribution is 5.09. The summed E-state index contributed by atoms with van der Waals surface area (Å²) in [6.45, 7) is 6.22. The van der Waals surface area contributed by atoms with Crippen molar-refractivity contribution in [3.05, 3.63) is 29.6 Å². The molecule has 1 atom stereocenters. The van der Waals surface area contributed by atoms with E-state index in [1.54, 1.807) is 0 Å². The third-order valence-corrected chi connectivity index (χ3v) is 3.82. The summed E-state index contributed by atoms with van der Waals surface area (Å²) in [5.41, 5.74) is 8.29. The fourth-order valence-electron chi connectivity index (χ4n) is 2.85. The second-order valence-electron chi connectivity index (χ2n) is 5.80. The minimum Gasteiger partial charge on any atom is -0.381 e. The van der Waals surface area contributed by atoms with Crippen LogP contribution in [0.3, 0.4) is 0 Å². The molecule has 4 nitrogen and oxygen atoms in total. The molecule has 0 amide bonds. The third kappa shape index (κ3) is 4.00. The number of aromatic nitrogens is 1. The minimum atomic E-state index is 0.122. The van der Waals surface area contributed by atoms with Crippen LogP contribution in [0.2, 0.25) is 0 Å². The molecule has 2 N–H and O–H groups in total. The zero-order chi connectivity index (χ0) is 13.7. The number of nitrogens with zero attached hydrogens (tertiary/aromatic N) is 2. The fourth-order valence-corrected chi connectivity index (χ4v) is 2.85. The average Bonchev–Trinajstić information content (AvgIpc) is 2.39. The molecular weight excluding hydrogens is 238 g/mol. The number of nitrogens with two attached hydrogens (primary N) is 1. The van der Waals surface area contributed by atoms with E-state index in [-0.39, 0.29) is 5.41 Å². The fraction of sp³-hybridized carbons (Fsp3) is 0.667. The number of hydrogen-bond donors (Lipinski definition) is 1. The van der Waals surface area contributed by atoms with Crippen molar-refractivity contribution in [1.29, 1.82) is 0 Å². The molecule has 0 bridgehead atoms. The van der Waals surface area contributed by atoms with Crippen molar-refractivity contribution in [1.82, 2.24) is 9.88 Å². The molecule has 106 valence electrons. The van der Waals surface area contributed by atoms with E-state index in [0.717, 1.165) is 50.5 Å². The summed E-state index contributed by atoms with van der Waals surface area (Å²) in [5.74, 6) is 0. The Morgan fingerprint density at radius 1 is 1.47 bits per heavy atom. The van der Waals surface area contributed by atoms with Gasteiger partial charge in [0.2, 0.25) is 0 Å². The maximum absolute atomic E-state index is 5.98. The molecule has 2 heterocycles. The van der Waals surface area contributed by atoms with Crippen molar-refractivity contribution >= 4 is 0 Å². The van der Waals surface area contributed by atoms with Crippen LogP contribution >= 0.6 is 0 Å². The van der Waals surface area contributed by atoms with Crippen molar-refractivity contribution in [2.24, 2.45) is 11.1 Å². The molecule has 0 aromatic carbocycles. The van der Waals surface area contributed by atoms with E-state index < -0.39 is 0 Å². The van der Waals surface area contributed by atoms with Gasteiger partial charge in [-0.15, -0.1) is 0 Å². The van der Waals surface area contributed by atoms with Crippen LogP contribution in [0.1, 0.15) is 24.2 Å². The SMILES string of the molecule is Cc1cccc(CN(C)CC2(CN)CCCOC2)n1. The number of rotatable bonds is 5. The summed E-state index contributed by atoms with van der Waals surface area (Å²) in [5, 5.41) is 0. The summed E-state index contributed by atoms with van der Waals surface area (Å²) < 4.78 is 5.62. The highest BCUT2D eigenvalue weighted by Gasteiger charge is 2.32. The summed E-state index contributed by atoms with van der Waals surface area (Å²) >= 11 is 0. The maximum atomic E-state index is 5.98. The molecule has 1 aromatic heterocycles. The molecule has 1 aliphatic rings. The molecule has 19 heavy (non-hydrogen) atoms. The largest absolute Gasteiger partial charge is 0.381 e. The first-order valence-electron chi connectivity index (χ1n) is 7.02. The molecule has 4 heteroatoms. The van der Waals surface area contributed by atoms with Crippen LogP contribution in [0.25, 0.3) is 0 Å². The molecule has 1 unspecified atom stereocenters. The molecule has 0 radical (unpaired) electrons. The van der Waals surface area contributed by atoms with Gasteiger partial charge in [-0.05, 0) is 38.9 Å². The van der Waals surface area contributed by atoms with Crippen molar-refractivity contribution in [3.8, 4) is 0 Å². The summed E-state index contributed by atoms with van der Waals surface area (Å²) in [6.07, 6.45) is 2.28. The number of hydrogen-bond acceptors (Lipinski definition) is 4. The van der Waals surface area contributed by atoms with Gasteiger partial charge in [-0.1, -0.05) is 6.07 Å². The quantitative estimate of drug-likeness (QED) is 0.876. The Bertz CT molecular complexity index is 402. The molecule has 1 aromatic rings. The molecule has 1 fully saturated rings. The number of ether oxygens (including phenoxy) is 1. The Morgan fingerprint density at radius 2 is 2.32 bits per heavy atom. The van der Waals surface area contributed by atoms with Crippen LogP contribution in [0, 0.1) is 12.3 Å². The first-order chi connectivity index (χ1) is 9.13. The second kappa shape index (κ2) is 6.46. The van der Waals surface area contributed by atoms with Gasteiger partial charge in [0.15, 0.2) is 0 Å². The van der Waals surface area contributed by atoms with Crippen LogP contribution in [-0.4, -0.2) is 43.2 Å². The van der Waals surface area contributed by atoms with E-state index in [1.165, 1.54) is 0 Å². The highest BCUT2D eigenvalue weighted by atomic mass is 16.5. The monoisotopic (exact) mass is 263 g/mol. The topological polar surface area (TPSA) is 51.4 Å². The zero-order valence-electron chi connectivity index (χ0n) is 12.1. The predicted molar refractivity (Wildman–Crippen MR) is 76.8 cm³/mol. The van der Waals surface area contributed by atoms with Crippen LogP contribution in [0.15, 0.2) is 18.2 Å². The Labute approximate surface area is 116 Å². The maximum Gasteiger partial charge on any atom is 0.0547 e. The van der Waals surface area contributed by atoms with Crippen LogP contribution in [-0.2, 0) is 11.3 Å². The van der Waals surface area contributed by atoms with E-state index in [0.29, 0.717) is 6.54 Å². The number of aryl methyl sites for hydroxylation is 1. The van der Waals surface area contributed by atoms with E-state index in [4.69, 9.17) is 10.5 Å². The lowest BCUT2D eigenvalue weighted by molar-refractivity contribution is -0.0194. The van der Waals surface area contributed by atoms with Gasteiger partial charge in [0, 0.05) is 37.4 Å². The third-order valence-electron chi connectivity index (χ3n) is 3.82. The first kappa shape index (κ1) is 14.4. The van der Waals surface area contributed by atoms with Gasteiger partial charge in [0.05, 0.1) is 12.3 Å². The molecule has 2 rings (SSSR count). The van der Waals surface area contributed by atoms with Gasteiger partial charge < -0.3 is 10.5 Å². The second-order valence-corrected chi connectivity index (χ2v) is 5.80. The number of pyridine rings is 1. The lowest BCUT2D eigenvalue weighted by Gasteiger charge is -2.38. The van der Waals surface area contributed by atoms with Crippen molar-refractivity contribution in [2.45, 2.75) is 26.3 Å². The zero-order valence-corrected chi connectivity index (χ0v) is 12.1. The molecule has 0 spiro atoms. The predicted octanol–water partition coefficient (Wildman–Crippen LogP) is 1.58. The summed E-state index contributed by atoms with van der Waals surface area (Å²) in [6, 6.07) is 6.17. The van der Waals surface area contributed by atoms with Gasteiger partial charge in [-0.3, -0.25) is 9.88 Å². The Hall–Kier alpha value is -0.970. The first-order valence-corrected chi connectivity index (χ1v) is 7.02. The summed E-state index contributed by atoms with van der Waals surface area (Å²) in [4.78, 5) is 6.86. The van der Waals surface area contributed by atoms with Crippen molar-refractivity contribution < 1.29 is 4.74 Å². The van der Waals surface area contributed by atoms with Crippen LogP contribution in [0.5, 0.6) is 0 Å². The Balaban J connectivity index is 1.94. The molecule has 1 saturated heterocycles. The average molecular weight is 263 g/mol. The molecule has 0 aliphatic carbocycles. The van der Waals surface area contributed by atoms with Gasteiger partial charge in [-0.25, -0.2) is 0 Å². The summed E-state index contributed by atoms with van der Waals surface area (Å²) in [7, 11) is 2.13. The van der Waals surface area contributed by atoms with Crippen molar-refractivity contribution in [3.63, 3.8) is 0 Å². The molecule has 0 saturated carbocycles. The van der Waals surface area contributed by atoms with Gasteiger partial charge in [0.1, 0.15) is 0 Å². The van der Waals surface area contributed by atoms with Gasteiger partial charge >= 0.3 is 0 Å². The molecular formula is C15H25N3O. The minimum absolute atomic E-state index is 0.122. The van der Waals surface area contributed by atoms with E-state index in [9.17, 15) is 0 Å². The van der Waals surface area contributed by atoms with Crippen molar-refractivity contribution in [2.75, 3.05) is 33.4 Å². The van der Waals surface area contributed by atoms with Crippen LogP contribution in [0.4, 0.5) is 0 Å². The Morgan fingerprint density at radius 3 is 2.95 bits per heavy atom. The molecule has 1 aliphatic heterocycles. The van der Waals surface area contributed by atoms with Gasteiger partial charge in [0.25, 0.3) is 0 Å². The van der Waals surface area contributed by atoms with E-state index in [1.807, 2.05) is 13.0 Å². The Kier molecular flexibility index (Phi) is 4.91. The lowest BCUT2D eigenvalue weighted by atomic mass is 9.82. The lowest BCUT2D eigenvalue weighted by Crippen LogP contribution is -2.46. The normalized spacial score (nSPS) is 23.8. The van der Waals surface area contributed by atoms with E-state index >= 15 is 0 Å². The van der Waals surface area contributed by atoms with E-state index in [2.05, 4.69) is 29.1 Å².